The Bertz CT molecular complexity index is 956. The standard InChI is InChI=1S/C19H30FN3O6S2/c20-18-15-7-11(13-5-6-22(9-13)30(26,27)14-3-4-14)1-2-12(15)8-16(24)19(18)23-10-17(25)21-31(23,28)29/h11-16,18-19,24H,1-10H2,(H,21,25)/t11-,12?,13+,15?,16?,18?,19?/m0/s1. The van der Waals surface area contributed by atoms with Crippen LogP contribution in [-0.2, 0) is 25.0 Å². The van der Waals surface area contributed by atoms with Gasteiger partial charge in [0.05, 0.1) is 23.9 Å². The lowest BCUT2D eigenvalue weighted by molar-refractivity contribution is -0.120. The van der Waals surface area contributed by atoms with Crippen molar-refractivity contribution < 1.29 is 31.1 Å². The average molecular weight is 480 g/mol. The molecule has 0 spiro atoms. The van der Waals surface area contributed by atoms with E-state index in [0.29, 0.717) is 25.9 Å². The number of hydrogen-bond acceptors (Lipinski definition) is 6. The van der Waals surface area contributed by atoms with Gasteiger partial charge in [-0.1, -0.05) is 0 Å². The summed E-state index contributed by atoms with van der Waals surface area (Å²) < 4.78 is 69.5. The number of nitrogens with zero attached hydrogens (tertiary/aromatic N) is 2. The number of hydrogen-bond donors (Lipinski definition) is 2. The van der Waals surface area contributed by atoms with Crippen LogP contribution >= 0.6 is 0 Å². The van der Waals surface area contributed by atoms with Gasteiger partial charge in [-0.3, -0.25) is 4.79 Å². The second-order valence-corrected chi connectivity index (χ2v) is 13.8. The zero-order valence-electron chi connectivity index (χ0n) is 17.3. The van der Waals surface area contributed by atoms with Gasteiger partial charge in [-0.05, 0) is 68.6 Å². The molecule has 5 fully saturated rings. The molecule has 7 atom stereocenters. The molecule has 31 heavy (non-hydrogen) atoms. The van der Waals surface area contributed by atoms with Gasteiger partial charge in [0.25, 0.3) is 0 Å². The summed E-state index contributed by atoms with van der Waals surface area (Å²) in [4.78, 5) is 11.6. The third kappa shape index (κ3) is 3.81. The molecule has 5 rings (SSSR count). The highest BCUT2D eigenvalue weighted by Gasteiger charge is 2.54. The van der Waals surface area contributed by atoms with E-state index in [-0.39, 0.29) is 23.0 Å². The van der Waals surface area contributed by atoms with E-state index in [1.165, 1.54) is 0 Å². The van der Waals surface area contributed by atoms with Gasteiger partial charge in [0, 0.05) is 13.1 Å². The third-order valence-electron chi connectivity index (χ3n) is 8.11. The van der Waals surface area contributed by atoms with Crippen LogP contribution in [0.2, 0.25) is 0 Å². The molecule has 3 saturated carbocycles. The minimum Gasteiger partial charge on any atom is -0.391 e. The summed E-state index contributed by atoms with van der Waals surface area (Å²) in [6.07, 6.45) is 2.02. The van der Waals surface area contributed by atoms with E-state index in [4.69, 9.17) is 0 Å². The van der Waals surface area contributed by atoms with Crippen LogP contribution in [0.1, 0.15) is 44.9 Å². The minimum absolute atomic E-state index is 0.0285. The molecular formula is C19H30FN3O6S2. The smallest absolute Gasteiger partial charge is 0.304 e. The van der Waals surface area contributed by atoms with Gasteiger partial charge in [-0.15, -0.1) is 0 Å². The summed E-state index contributed by atoms with van der Waals surface area (Å²) in [5.74, 6) is -0.771. The zero-order valence-corrected chi connectivity index (χ0v) is 18.9. The monoisotopic (exact) mass is 479 g/mol. The molecule has 2 heterocycles. The Labute approximate surface area is 182 Å². The number of aliphatic hydroxyl groups is 1. The molecule has 0 bridgehead atoms. The normalized spacial score (nSPS) is 44.2. The van der Waals surface area contributed by atoms with Gasteiger partial charge in [0.1, 0.15) is 6.17 Å². The predicted octanol–water partition coefficient (Wildman–Crippen LogP) is -0.0191. The Morgan fingerprint density at radius 1 is 1.03 bits per heavy atom. The molecule has 2 N–H and O–H groups in total. The van der Waals surface area contributed by atoms with Crippen LogP contribution < -0.4 is 4.72 Å². The molecule has 5 unspecified atom stereocenters. The van der Waals surface area contributed by atoms with Crippen molar-refractivity contribution in [1.82, 2.24) is 13.3 Å². The van der Waals surface area contributed by atoms with E-state index in [2.05, 4.69) is 0 Å². The molecule has 3 aliphatic carbocycles. The molecule has 1 amide bonds. The number of carbonyl (C=O) groups is 1. The first-order valence-corrected chi connectivity index (χ1v) is 14.2. The largest absolute Gasteiger partial charge is 0.391 e. The molecule has 0 aromatic rings. The molecule has 12 heteroatoms. The van der Waals surface area contributed by atoms with Crippen LogP contribution in [-0.4, -0.2) is 79.7 Å². The minimum atomic E-state index is -4.13. The Kier molecular flexibility index (Phi) is 5.40. The molecule has 2 saturated heterocycles. The van der Waals surface area contributed by atoms with Gasteiger partial charge < -0.3 is 5.11 Å². The maximum absolute atomic E-state index is 15.7. The van der Waals surface area contributed by atoms with Gasteiger partial charge in [0.2, 0.25) is 15.9 Å². The average Bonchev–Trinajstić information content (AvgIpc) is 3.37. The summed E-state index contributed by atoms with van der Waals surface area (Å²) in [6, 6.07) is -1.26. The van der Waals surface area contributed by atoms with E-state index >= 15 is 4.39 Å². The van der Waals surface area contributed by atoms with Crippen LogP contribution in [0, 0.1) is 23.7 Å². The number of sulfonamides is 1. The second kappa shape index (κ2) is 7.61. The number of aliphatic hydroxyl groups excluding tert-OH is 1. The van der Waals surface area contributed by atoms with Gasteiger partial charge in [-0.2, -0.15) is 12.7 Å². The zero-order chi connectivity index (χ0) is 22.1. The topological polar surface area (TPSA) is 124 Å². The molecule has 0 radical (unpaired) electrons. The number of nitrogens with one attached hydrogen (secondary N) is 1. The maximum atomic E-state index is 15.7. The van der Waals surface area contributed by atoms with Crippen LogP contribution in [0.25, 0.3) is 0 Å². The number of rotatable bonds is 4. The summed E-state index contributed by atoms with van der Waals surface area (Å²) in [5, 5.41) is 10.3. The molecule has 176 valence electrons. The number of alkyl halides is 1. The van der Waals surface area contributed by atoms with Gasteiger partial charge in [-0.25, -0.2) is 21.8 Å². The molecule has 0 aromatic heterocycles. The van der Waals surface area contributed by atoms with Crippen LogP contribution in [0.5, 0.6) is 0 Å². The fourth-order valence-corrected chi connectivity index (χ4v) is 9.60. The van der Waals surface area contributed by atoms with Crippen molar-refractivity contribution in [1.29, 1.82) is 0 Å². The fraction of sp³-hybridized carbons (Fsp3) is 0.947. The van der Waals surface area contributed by atoms with E-state index in [1.54, 1.807) is 4.31 Å². The molecular weight excluding hydrogens is 449 g/mol. The summed E-state index contributed by atoms with van der Waals surface area (Å²) in [7, 11) is -7.34. The number of fused-ring (bicyclic) bond motifs is 1. The number of carbonyl (C=O) groups excluding carboxylic acids is 1. The number of amides is 1. The van der Waals surface area contributed by atoms with Crippen LogP contribution in [0.3, 0.4) is 0 Å². The fourth-order valence-electron chi connectivity index (χ4n) is 6.35. The highest BCUT2D eigenvalue weighted by Crippen LogP contribution is 2.49. The van der Waals surface area contributed by atoms with Crippen molar-refractivity contribution in [2.45, 2.75) is 68.5 Å². The quantitative estimate of drug-likeness (QED) is 0.584. The molecule has 5 aliphatic rings. The van der Waals surface area contributed by atoms with Crippen molar-refractivity contribution in [3.8, 4) is 0 Å². The Hall–Kier alpha value is -0.820. The Morgan fingerprint density at radius 2 is 1.74 bits per heavy atom. The van der Waals surface area contributed by atoms with Gasteiger partial charge in [0.15, 0.2) is 0 Å². The molecule has 9 nitrogen and oxygen atoms in total. The lowest BCUT2D eigenvalue weighted by Crippen LogP contribution is -2.59. The molecule has 2 aliphatic heterocycles. The predicted molar refractivity (Wildman–Crippen MR) is 109 cm³/mol. The lowest BCUT2D eigenvalue weighted by Gasteiger charge is -2.48. The van der Waals surface area contributed by atoms with Crippen molar-refractivity contribution in [3.63, 3.8) is 0 Å². The Balaban J connectivity index is 1.29. The third-order valence-corrected chi connectivity index (χ3v) is 11.9. The highest BCUT2D eigenvalue weighted by atomic mass is 32.2. The van der Waals surface area contributed by atoms with E-state index in [1.807, 2.05) is 4.72 Å². The molecule has 0 aromatic carbocycles. The highest BCUT2D eigenvalue weighted by molar-refractivity contribution is 7.90. The van der Waals surface area contributed by atoms with Crippen molar-refractivity contribution in [2.24, 2.45) is 23.7 Å². The second-order valence-electron chi connectivity index (χ2n) is 9.96. The van der Waals surface area contributed by atoms with Crippen molar-refractivity contribution >= 4 is 26.1 Å². The van der Waals surface area contributed by atoms with Gasteiger partial charge >= 0.3 is 10.2 Å². The van der Waals surface area contributed by atoms with Crippen molar-refractivity contribution in [2.75, 3.05) is 19.6 Å². The van der Waals surface area contributed by atoms with Crippen LogP contribution in [0.4, 0.5) is 4.39 Å². The first-order valence-electron chi connectivity index (χ1n) is 11.2. The SMILES string of the molecule is O=C1CN(C2C(O)CC3CC[C@H]([C@@H]4CCN(S(=O)(=O)C5CC5)C4)CC3C2F)S(=O)(=O)N1. The Morgan fingerprint density at radius 3 is 2.39 bits per heavy atom. The lowest BCUT2D eigenvalue weighted by atomic mass is 9.62. The van der Waals surface area contributed by atoms with Crippen LogP contribution in [0.15, 0.2) is 0 Å². The van der Waals surface area contributed by atoms with E-state index in [9.17, 15) is 26.7 Å². The summed E-state index contributed by atoms with van der Waals surface area (Å²) in [6.45, 7) is 0.541. The first-order chi connectivity index (χ1) is 14.6. The van der Waals surface area contributed by atoms with E-state index < -0.39 is 56.9 Å². The summed E-state index contributed by atoms with van der Waals surface area (Å²) in [5.41, 5.74) is 0. The maximum Gasteiger partial charge on any atom is 0.304 e. The number of halogens is 1. The van der Waals surface area contributed by atoms with E-state index in [0.717, 1.165) is 36.4 Å². The first kappa shape index (κ1) is 22.0. The van der Waals surface area contributed by atoms with Crippen molar-refractivity contribution in [3.05, 3.63) is 0 Å². The summed E-state index contributed by atoms with van der Waals surface area (Å²) >= 11 is 0.